The molecule has 1 amide bonds. The minimum atomic E-state index is -0.171. The van der Waals surface area contributed by atoms with Gasteiger partial charge >= 0.3 is 0 Å². The first-order valence-corrected chi connectivity index (χ1v) is 5.42. The van der Waals surface area contributed by atoms with Gasteiger partial charge in [0.2, 0.25) is 5.91 Å². The maximum atomic E-state index is 11.4. The average Bonchev–Trinajstić information content (AvgIpc) is 2.21. The lowest BCUT2D eigenvalue weighted by Gasteiger charge is -2.06. The largest absolute Gasteiger partial charge is 0.326 e. The second-order valence-corrected chi connectivity index (χ2v) is 4.12. The first-order valence-electron chi connectivity index (χ1n) is 5.04. The van der Waals surface area contributed by atoms with E-state index < -0.39 is 0 Å². The Morgan fingerprint density at radius 3 is 2.56 bits per heavy atom. The van der Waals surface area contributed by atoms with E-state index in [0.717, 1.165) is 5.56 Å². The highest BCUT2D eigenvalue weighted by molar-refractivity contribution is 6.31. The Kier molecular flexibility index (Phi) is 4.50. The van der Waals surface area contributed by atoms with Crippen LogP contribution < -0.4 is 5.32 Å². The van der Waals surface area contributed by atoms with Gasteiger partial charge in [-0.05, 0) is 31.5 Å². The summed E-state index contributed by atoms with van der Waals surface area (Å²) in [7, 11) is 0. The molecule has 0 saturated carbocycles. The van der Waals surface area contributed by atoms with Crippen LogP contribution >= 0.6 is 11.6 Å². The molecule has 0 atom stereocenters. The standard InChI is InChI=1S/C12H14ClNO2/c1-8-3-5-10(7-11(8)13)14-12(16)6-4-9(2)15/h3,5,7H,4,6H2,1-2H3,(H,14,16). The predicted molar refractivity (Wildman–Crippen MR) is 64.7 cm³/mol. The number of rotatable bonds is 4. The average molecular weight is 240 g/mol. The lowest BCUT2D eigenvalue weighted by molar-refractivity contribution is -0.121. The van der Waals surface area contributed by atoms with Gasteiger partial charge < -0.3 is 10.1 Å². The fraction of sp³-hybridized carbons (Fsp3) is 0.333. The summed E-state index contributed by atoms with van der Waals surface area (Å²) in [6, 6.07) is 5.32. The van der Waals surface area contributed by atoms with Crippen LogP contribution in [-0.2, 0) is 9.59 Å². The van der Waals surface area contributed by atoms with Gasteiger partial charge in [0, 0.05) is 23.6 Å². The van der Waals surface area contributed by atoms with Crippen LogP contribution in [0.3, 0.4) is 0 Å². The van der Waals surface area contributed by atoms with Crippen molar-refractivity contribution >= 4 is 29.0 Å². The Hall–Kier alpha value is -1.35. The second kappa shape index (κ2) is 5.66. The summed E-state index contributed by atoms with van der Waals surface area (Å²) >= 11 is 5.92. The Labute approximate surface area is 99.8 Å². The Balaban J connectivity index is 2.56. The summed E-state index contributed by atoms with van der Waals surface area (Å²) in [5.41, 5.74) is 1.62. The van der Waals surface area contributed by atoms with Gasteiger partial charge in [-0.3, -0.25) is 4.79 Å². The zero-order chi connectivity index (χ0) is 12.1. The van der Waals surface area contributed by atoms with Crippen LogP contribution in [0.2, 0.25) is 5.02 Å². The number of hydrogen-bond acceptors (Lipinski definition) is 2. The third-order valence-corrected chi connectivity index (χ3v) is 2.57. The van der Waals surface area contributed by atoms with Gasteiger partial charge in [0.05, 0.1) is 0 Å². The van der Waals surface area contributed by atoms with E-state index in [4.69, 9.17) is 11.6 Å². The van der Waals surface area contributed by atoms with E-state index in [-0.39, 0.29) is 24.5 Å². The van der Waals surface area contributed by atoms with Crippen molar-refractivity contribution in [2.45, 2.75) is 26.7 Å². The number of nitrogens with one attached hydrogen (secondary N) is 1. The molecule has 1 rings (SSSR count). The molecule has 86 valence electrons. The van der Waals surface area contributed by atoms with Crippen LogP contribution in [-0.4, -0.2) is 11.7 Å². The molecule has 0 aliphatic carbocycles. The van der Waals surface area contributed by atoms with Crippen LogP contribution in [0.15, 0.2) is 18.2 Å². The number of carbonyl (C=O) groups is 2. The number of amides is 1. The maximum absolute atomic E-state index is 11.4. The summed E-state index contributed by atoms with van der Waals surface area (Å²) in [4.78, 5) is 22.1. The van der Waals surface area contributed by atoms with Gasteiger partial charge in [0.1, 0.15) is 5.78 Å². The van der Waals surface area contributed by atoms with Crippen molar-refractivity contribution in [1.29, 1.82) is 0 Å². The van der Waals surface area contributed by atoms with Crippen molar-refractivity contribution in [3.8, 4) is 0 Å². The van der Waals surface area contributed by atoms with Crippen LogP contribution in [0.25, 0.3) is 0 Å². The Morgan fingerprint density at radius 2 is 2.00 bits per heavy atom. The molecule has 4 heteroatoms. The van der Waals surface area contributed by atoms with Crippen molar-refractivity contribution in [3.63, 3.8) is 0 Å². The molecule has 16 heavy (non-hydrogen) atoms. The minimum Gasteiger partial charge on any atom is -0.326 e. The monoisotopic (exact) mass is 239 g/mol. The van der Waals surface area contributed by atoms with Crippen LogP contribution in [0.1, 0.15) is 25.3 Å². The molecular formula is C12H14ClNO2. The van der Waals surface area contributed by atoms with E-state index in [9.17, 15) is 9.59 Å². The Morgan fingerprint density at radius 1 is 1.31 bits per heavy atom. The fourth-order valence-corrected chi connectivity index (χ4v) is 1.36. The van der Waals surface area contributed by atoms with Crippen LogP contribution in [0.5, 0.6) is 0 Å². The molecule has 0 fully saturated rings. The molecule has 1 N–H and O–H groups in total. The van der Waals surface area contributed by atoms with E-state index >= 15 is 0 Å². The van der Waals surface area contributed by atoms with E-state index in [1.807, 2.05) is 13.0 Å². The number of Topliss-reactive ketones (excluding diaryl/α,β-unsaturated/α-hetero) is 1. The highest BCUT2D eigenvalue weighted by Gasteiger charge is 2.05. The topological polar surface area (TPSA) is 46.2 Å². The summed E-state index contributed by atoms with van der Waals surface area (Å²) < 4.78 is 0. The first-order chi connectivity index (χ1) is 7.49. The zero-order valence-electron chi connectivity index (χ0n) is 9.34. The SMILES string of the molecule is CC(=O)CCC(=O)Nc1ccc(C)c(Cl)c1. The third-order valence-electron chi connectivity index (χ3n) is 2.16. The number of carbonyl (C=O) groups excluding carboxylic acids is 2. The predicted octanol–water partition coefficient (Wildman–Crippen LogP) is 2.96. The number of benzene rings is 1. The summed E-state index contributed by atoms with van der Waals surface area (Å²) in [5.74, 6) is -0.160. The molecule has 0 spiro atoms. The lowest BCUT2D eigenvalue weighted by atomic mass is 10.2. The molecule has 0 unspecified atom stereocenters. The van der Waals surface area contributed by atoms with Crippen molar-refractivity contribution in [2.24, 2.45) is 0 Å². The molecule has 0 aliphatic rings. The van der Waals surface area contributed by atoms with E-state index in [1.165, 1.54) is 6.92 Å². The van der Waals surface area contributed by atoms with Crippen molar-refractivity contribution in [2.75, 3.05) is 5.32 Å². The van der Waals surface area contributed by atoms with E-state index in [2.05, 4.69) is 5.32 Å². The van der Waals surface area contributed by atoms with Crippen molar-refractivity contribution < 1.29 is 9.59 Å². The van der Waals surface area contributed by atoms with Gasteiger partial charge in [-0.2, -0.15) is 0 Å². The normalized spacial score (nSPS) is 9.94. The minimum absolute atomic E-state index is 0.0112. The third kappa shape index (κ3) is 4.03. The zero-order valence-corrected chi connectivity index (χ0v) is 10.1. The molecular weight excluding hydrogens is 226 g/mol. The van der Waals surface area contributed by atoms with Crippen molar-refractivity contribution in [3.05, 3.63) is 28.8 Å². The Bertz CT molecular complexity index is 415. The molecule has 0 aliphatic heterocycles. The molecule has 1 aromatic carbocycles. The summed E-state index contributed by atoms with van der Waals surface area (Å²) in [6.45, 7) is 3.36. The lowest BCUT2D eigenvalue weighted by Crippen LogP contribution is -2.12. The number of ketones is 1. The van der Waals surface area contributed by atoms with Gasteiger partial charge in [0.15, 0.2) is 0 Å². The number of hydrogen-bond donors (Lipinski definition) is 1. The molecule has 0 heterocycles. The molecule has 0 aromatic heterocycles. The fourth-order valence-electron chi connectivity index (χ4n) is 1.18. The molecule has 0 radical (unpaired) electrons. The smallest absolute Gasteiger partial charge is 0.224 e. The van der Waals surface area contributed by atoms with Gasteiger partial charge in [-0.25, -0.2) is 0 Å². The first kappa shape index (κ1) is 12.7. The van der Waals surface area contributed by atoms with Crippen LogP contribution in [0, 0.1) is 6.92 Å². The summed E-state index contributed by atoms with van der Waals surface area (Å²) in [5, 5.41) is 3.30. The molecule has 0 saturated heterocycles. The van der Waals surface area contributed by atoms with Crippen molar-refractivity contribution in [1.82, 2.24) is 0 Å². The number of anilines is 1. The summed E-state index contributed by atoms with van der Waals surface area (Å²) in [6.07, 6.45) is 0.478. The molecule has 1 aromatic rings. The quantitative estimate of drug-likeness (QED) is 0.878. The van der Waals surface area contributed by atoms with Gasteiger partial charge in [0.25, 0.3) is 0 Å². The second-order valence-electron chi connectivity index (χ2n) is 3.71. The molecule has 3 nitrogen and oxygen atoms in total. The molecule has 0 bridgehead atoms. The maximum Gasteiger partial charge on any atom is 0.224 e. The van der Waals surface area contributed by atoms with E-state index in [1.54, 1.807) is 12.1 Å². The van der Waals surface area contributed by atoms with Gasteiger partial charge in [-0.15, -0.1) is 0 Å². The highest BCUT2D eigenvalue weighted by atomic mass is 35.5. The van der Waals surface area contributed by atoms with Crippen LogP contribution in [0.4, 0.5) is 5.69 Å². The van der Waals surface area contributed by atoms with E-state index in [0.29, 0.717) is 10.7 Å². The highest BCUT2D eigenvalue weighted by Crippen LogP contribution is 2.20. The number of halogens is 1. The van der Waals surface area contributed by atoms with Gasteiger partial charge in [-0.1, -0.05) is 17.7 Å². The number of aryl methyl sites for hydroxylation is 1.